The Morgan fingerprint density at radius 1 is 1.06 bits per heavy atom. The zero-order valence-corrected chi connectivity index (χ0v) is 11.7. The van der Waals surface area contributed by atoms with Crippen molar-refractivity contribution >= 4 is 12.6 Å². The summed E-state index contributed by atoms with van der Waals surface area (Å²) in [5.41, 5.74) is 0.329. The zero-order chi connectivity index (χ0) is 12.7. The summed E-state index contributed by atoms with van der Waals surface area (Å²) in [7, 11) is 0. The molecule has 3 heteroatoms. The Morgan fingerprint density at radius 2 is 1.78 bits per heavy atom. The first-order chi connectivity index (χ1) is 8.85. The van der Waals surface area contributed by atoms with Crippen LogP contribution in [0.1, 0.15) is 25.7 Å². The minimum Gasteiger partial charge on any atom is -0.491 e. The number of hydrogen-bond donors (Lipinski definition) is 1. The zero-order valence-electron chi connectivity index (χ0n) is 10.8. The molecule has 0 spiro atoms. The van der Waals surface area contributed by atoms with Crippen LogP contribution in [0.2, 0.25) is 0 Å². The molecular weight excluding hydrogens is 244 g/mol. The lowest BCUT2D eigenvalue weighted by Crippen LogP contribution is -2.26. The molecule has 0 N–H and O–H groups in total. The third-order valence-corrected chi connectivity index (χ3v) is 4.32. The van der Waals surface area contributed by atoms with Crippen LogP contribution in [0.4, 0.5) is 0 Å². The van der Waals surface area contributed by atoms with Gasteiger partial charge in [0.25, 0.3) is 0 Å². The summed E-state index contributed by atoms with van der Waals surface area (Å²) in [5, 5.41) is 0. The van der Waals surface area contributed by atoms with Crippen LogP contribution in [-0.2, 0) is 4.74 Å². The predicted octanol–water partition coefficient (Wildman–Crippen LogP) is 3.57. The number of hydrogen-bond acceptors (Lipinski definition) is 3. The predicted molar refractivity (Wildman–Crippen MR) is 77.5 cm³/mol. The van der Waals surface area contributed by atoms with Crippen LogP contribution in [-0.4, -0.2) is 25.6 Å². The average molecular weight is 266 g/mol. The molecule has 0 radical (unpaired) electrons. The summed E-state index contributed by atoms with van der Waals surface area (Å²) in [6, 6.07) is 9.87. The molecule has 1 aromatic carbocycles. The fourth-order valence-electron chi connectivity index (χ4n) is 2.50. The van der Waals surface area contributed by atoms with Crippen LogP contribution < -0.4 is 4.74 Å². The Hall–Kier alpha value is -0.670. The second-order valence-electron chi connectivity index (χ2n) is 5.08. The normalized spacial score (nSPS) is 17.8. The summed E-state index contributed by atoms with van der Waals surface area (Å²) < 4.78 is 11.4. The van der Waals surface area contributed by atoms with Crippen LogP contribution in [0.25, 0.3) is 0 Å². The van der Waals surface area contributed by atoms with E-state index >= 15 is 0 Å². The van der Waals surface area contributed by atoms with Gasteiger partial charge in [0.2, 0.25) is 0 Å². The van der Waals surface area contributed by atoms with E-state index in [4.69, 9.17) is 9.47 Å². The van der Waals surface area contributed by atoms with Crippen LogP contribution >= 0.6 is 12.6 Å². The Bertz CT molecular complexity index is 334. The molecule has 0 amide bonds. The topological polar surface area (TPSA) is 18.5 Å². The van der Waals surface area contributed by atoms with Crippen molar-refractivity contribution < 1.29 is 9.47 Å². The standard InChI is InChI=1S/C15H22O2S/c18-13-15(8-4-5-9-15)12-16-10-11-17-14-6-2-1-3-7-14/h1-3,6-7,18H,4-5,8-13H2. The van der Waals surface area contributed by atoms with Crippen molar-refractivity contribution in [1.29, 1.82) is 0 Å². The van der Waals surface area contributed by atoms with Gasteiger partial charge in [0.15, 0.2) is 0 Å². The molecule has 0 saturated heterocycles. The van der Waals surface area contributed by atoms with E-state index in [-0.39, 0.29) is 0 Å². The quantitative estimate of drug-likeness (QED) is 0.601. The molecule has 1 aromatic rings. The summed E-state index contributed by atoms with van der Waals surface area (Å²) in [5.74, 6) is 1.85. The Kier molecular flexibility index (Phi) is 5.39. The maximum absolute atomic E-state index is 5.76. The van der Waals surface area contributed by atoms with E-state index in [1.165, 1.54) is 25.7 Å². The fraction of sp³-hybridized carbons (Fsp3) is 0.600. The van der Waals surface area contributed by atoms with Gasteiger partial charge in [0.05, 0.1) is 13.2 Å². The molecule has 1 aliphatic carbocycles. The molecular formula is C15H22O2S. The van der Waals surface area contributed by atoms with Gasteiger partial charge in [-0.05, 0) is 30.7 Å². The monoisotopic (exact) mass is 266 g/mol. The Labute approximate surface area is 115 Å². The second kappa shape index (κ2) is 7.05. The fourth-order valence-corrected chi connectivity index (χ4v) is 2.90. The second-order valence-corrected chi connectivity index (χ2v) is 5.40. The highest BCUT2D eigenvalue weighted by Gasteiger charge is 2.32. The molecule has 0 heterocycles. The molecule has 0 atom stereocenters. The van der Waals surface area contributed by atoms with Gasteiger partial charge in [0.1, 0.15) is 12.4 Å². The molecule has 2 nitrogen and oxygen atoms in total. The van der Waals surface area contributed by atoms with Crippen LogP contribution in [0.15, 0.2) is 30.3 Å². The summed E-state index contributed by atoms with van der Waals surface area (Å²) in [6.07, 6.45) is 5.17. The number of thiol groups is 1. The van der Waals surface area contributed by atoms with E-state index in [0.717, 1.165) is 18.1 Å². The van der Waals surface area contributed by atoms with Gasteiger partial charge >= 0.3 is 0 Å². The van der Waals surface area contributed by atoms with Crippen molar-refractivity contribution in [3.8, 4) is 5.75 Å². The van der Waals surface area contributed by atoms with Gasteiger partial charge in [-0.15, -0.1) is 0 Å². The first-order valence-corrected chi connectivity index (χ1v) is 7.34. The smallest absolute Gasteiger partial charge is 0.119 e. The average Bonchev–Trinajstić information content (AvgIpc) is 2.89. The van der Waals surface area contributed by atoms with Gasteiger partial charge in [-0.25, -0.2) is 0 Å². The Balaban J connectivity index is 1.61. The van der Waals surface area contributed by atoms with Crippen molar-refractivity contribution in [2.45, 2.75) is 25.7 Å². The van der Waals surface area contributed by atoms with Gasteiger partial charge in [-0.2, -0.15) is 12.6 Å². The molecule has 0 aromatic heterocycles. The molecule has 18 heavy (non-hydrogen) atoms. The number of para-hydroxylation sites is 1. The molecule has 0 unspecified atom stereocenters. The minimum absolute atomic E-state index is 0.329. The van der Waals surface area contributed by atoms with Gasteiger partial charge in [-0.1, -0.05) is 31.0 Å². The van der Waals surface area contributed by atoms with Crippen molar-refractivity contribution in [3.63, 3.8) is 0 Å². The SMILES string of the molecule is SCC1(COCCOc2ccccc2)CCCC1. The van der Waals surface area contributed by atoms with Crippen molar-refractivity contribution in [3.05, 3.63) is 30.3 Å². The maximum atomic E-state index is 5.76. The van der Waals surface area contributed by atoms with E-state index in [1.807, 2.05) is 30.3 Å². The van der Waals surface area contributed by atoms with E-state index in [0.29, 0.717) is 18.6 Å². The van der Waals surface area contributed by atoms with Crippen LogP contribution in [0.5, 0.6) is 5.75 Å². The van der Waals surface area contributed by atoms with Crippen LogP contribution in [0, 0.1) is 5.41 Å². The van der Waals surface area contributed by atoms with E-state index in [2.05, 4.69) is 12.6 Å². The molecule has 0 bridgehead atoms. The highest BCUT2D eigenvalue weighted by atomic mass is 32.1. The molecule has 1 fully saturated rings. The van der Waals surface area contributed by atoms with Crippen molar-refractivity contribution in [1.82, 2.24) is 0 Å². The van der Waals surface area contributed by atoms with E-state index < -0.39 is 0 Å². The first kappa shape index (κ1) is 13.8. The lowest BCUT2D eigenvalue weighted by atomic mass is 9.90. The van der Waals surface area contributed by atoms with Crippen molar-refractivity contribution in [2.75, 3.05) is 25.6 Å². The van der Waals surface area contributed by atoms with E-state index in [9.17, 15) is 0 Å². The molecule has 1 aliphatic rings. The minimum atomic E-state index is 0.329. The largest absolute Gasteiger partial charge is 0.491 e. The maximum Gasteiger partial charge on any atom is 0.119 e. The van der Waals surface area contributed by atoms with Gasteiger partial charge < -0.3 is 9.47 Å². The molecule has 1 saturated carbocycles. The number of benzene rings is 1. The highest BCUT2D eigenvalue weighted by molar-refractivity contribution is 7.80. The number of rotatable bonds is 7. The molecule has 100 valence electrons. The number of ether oxygens (including phenoxy) is 2. The third-order valence-electron chi connectivity index (χ3n) is 3.65. The van der Waals surface area contributed by atoms with Crippen molar-refractivity contribution in [2.24, 2.45) is 5.41 Å². The highest BCUT2D eigenvalue weighted by Crippen LogP contribution is 2.39. The summed E-state index contributed by atoms with van der Waals surface area (Å²) in [6.45, 7) is 2.10. The van der Waals surface area contributed by atoms with E-state index in [1.54, 1.807) is 0 Å². The lowest BCUT2D eigenvalue weighted by molar-refractivity contribution is 0.0415. The van der Waals surface area contributed by atoms with Gasteiger partial charge in [-0.3, -0.25) is 0 Å². The first-order valence-electron chi connectivity index (χ1n) is 6.71. The Morgan fingerprint density at radius 3 is 2.44 bits per heavy atom. The van der Waals surface area contributed by atoms with Crippen LogP contribution in [0.3, 0.4) is 0 Å². The summed E-state index contributed by atoms with van der Waals surface area (Å²) in [4.78, 5) is 0. The molecule has 0 aliphatic heterocycles. The lowest BCUT2D eigenvalue weighted by Gasteiger charge is -2.26. The molecule has 2 rings (SSSR count). The third kappa shape index (κ3) is 3.92. The van der Waals surface area contributed by atoms with Gasteiger partial charge in [0, 0.05) is 5.41 Å². The summed E-state index contributed by atoms with van der Waals surface area (Å²) >= 11 is 4.47.